The zero-order valence-corrected chi connectivity index (χ0v) is 10.4. The molecule has 0 bridgehead atoms. The Bertz CT molecular complexity index is 353. The molecule has 0 spiro atoms. The third-order valence-corrected chi connectivity index (χ3v) is 2.45. The lowest BCUT2D eigenvalue weighted by Crippen LogP contribution is -2.10. The Morgan fingerprint density at radius 3 is 2.44 bits per heavy atom. The smallest absolute Gasteiger partial charge is 0.0838 e. The average molecular weight is 238 g/mol. The minimum absolute atomic E-state index is 0.0167. The first-order valence-corrected chi connectivity index (χ1v) is 5.79. The lowest BCUT2D eigenvalue weighted by atomic mass is 10.0. The second-order valence-corrected chi connectivity index (χ2v) is 4.36. The van der Waals surface area contributed by atoms with Crippen molar-refractivity contribution in [3.8, 4) is 6.07 Å². The first kappa shape index (κ1) is 13.0. The molecule has 3 heteroatoms. The molecule has 2 nitrogen and oxygen atoms in total. The summed E-state index contributed by atoms with van der Waals surface area (Å²) in [6.07, 6.45) is 1.35. The van der Waals surface area contributed by atoms with Crippen LogP contribution in [0.4, 0.5) is 0 Å². The van der Waals surface area contributed by atoms with E-state index in [1.165, 1.54) is 0 Å². The van der Waals surface area contributed by atoms with Crippen LogP contribution in [-0.2, 0) is 4.74 Å². The molecule has 1 aromatic rings. The van der Waals surface area contributed by atoms with E-state index >= 15 is 0 Å². The van der Waals surface area contributed by atoms with E-state index in [-0.39, 0.29) is 12.2 Å². The third-order valence-electron chi connectivity index (χ3n) is 2.20. The summed E-state index contributed by atoms with van der Waals surface area (Å²) < 4.78 is 5.78. The molecule has 0 aliphatic carbocycles. The number of halogens is 1. The minimum Gasteiger partial charge on any atom is -0.371 e. The number of ether oxygens (including phenoxy) is 1. The number of benzene rings is 1. The molecule has 86 valence electrons. The van der Waals surface area contributed by atoms with Crippen molar-refractivity contribution in [2.45, 2.75) is 38.9 Å². The van der Waals surface area contributed by atoms with Crippen LogP contribution in [0.5, 0.6) is 0 Å². The zero-order valence-electron chi connectivity index (χ0n) is 9.61. The Labute approximate surface area is 102 Å². The number of hydrogen-bond donors (Lipinski definition) is 0. The van der Waals surface area contributed by atoms with Crippen LogP contribution in [-0.4, -0.2) is 6.10 Å². The summed E-state index contributed by atoms with van der Waals surface area (Å²) in [5, 5.41) is 9.33. The van der Waals surface area contributed by atoms with Crippen molar-refractivity contribution in [2.75, 3.05) is 0 Å². The minimum atomic E-state index is -0.0167. The van der Waals surface area contributed by atoms with E-state index in [0.717, 1.165) is 12.0 Å². The van der Waals surface area contributed by atoms with Crippen LogP contribution in [0.25, 0.3) is 0 Å². The van der Waals surface area contributed by atoms with Crippen molar-refractivity contribution in [3.05, 3.63) is 34.9 Å². The molecule has 0 aliphatic rings. The maximum atomic E-state index is 8.61. The molecular weight excluding hydrogens is 222 g/mol. The Balaban J connectivity index is 2.75. The maximum Gasteiger partial charge on any atom is 0.0838 e. The van der Waals surface area contributed by atoms with Gasteiger partial charge in [0.1, 0.15) is 0 Å². The Morgan fingerprint density at radius 2 is 1.94 bits per heavy atom. The molecule has 0 aliphatic heterocycles. The van der Waals surface area contributed by atoms with Gasteiger partial charge in [0.15, 0.2) is 0 Å². The van der Waals surface area contributed by atoms with Crippen LogP contribution in [0.1, 0.15) is 38.4 Å². The molecule has 16 heavy (non-hydrogen) atoms. The van der Waals surface area contributed by atoms with Crippen molar-refractivity contribution in [3.63, 3.8) is 0 Å². The molecule has 1 rings (SSSR count). The molecule has 0 radical (unpaired) electrons. The van der Waals surface area contributed by atoms with E-state index in [9.17, 15) is 0 Å². The average Bonchev–Trinajstić information content (AvgIpc) is 2.25. The number of rotatable bonds is 5. The van der Waals surface area contributed by atoms with Gasteiger partial charge in [0, 0.05) is 11.4 Å². The van der Waals surface area contributed by atoms with Gasteiger partial charge in [-0.3, -0.25) is 0 Å². The van der Waals surface area contributed by atoms with Crippen LogP contribution in [0.15, 0.2) is 24.3 Å². The van der Waals surface area contributed by atoms with Crippen molar-refractivity contribution in [1.82, 2.24) is 0 Å². The summed E-state index contributed by atoms with van der Waals surface area (Å²) in [6.45, 7) is 3.99. The third kappa shape index (κ3) is 4.22. The quantitative estimate of drug-likeness (QED) is 0.772. The molecule has 0 unspecified atom stereocenters. The lowest BCUT2D eigenvalue weighted by molar-refractivity contribution is 0.00251. The van der Waals surface area contributed by atoms with Crippen molar-refractivity contribution >= 4 is 11.6 Å². The van der Waals surface area contributed by atoms with E-state index in [2.05, 4.69) is 6.07 Å². The second-order valence-electron chi connectivity index (χ2n) is 3.92. The largest absolute Gasteiger partial charge is 0.371 e. The normalized spacial score (nSPS) is 12.4. The summed E-state index contributed by atoms with van der Waals surface area (Å²) in [7, 11) is 0. The molecule has 0 aromatic heterocycles. The fourth-order valence-corrected chi connectivity index (χ4v) is 1.64. The summed E-state index contributed by atoms with van der Waals surface area (Å²) in [5.74, 6) is 0. The summed E-state index contributed by atoms with van der Waals surface area (Å²) >= 11 is 5.83. The SMILES string of the molecule is CC(C)O[C@H](CCC#N)c1ccc(Cl)cc1. The molecule has 0 heterocycles. The van der Waals surface area contributed by atoms with Gasteiger partial charge >= 0.3 is 0 Å². The summed E-state index contributed by atoms with van der Waals surface area (Å²) in [6, 6.07) is 9.74. The highest BCUT2D eigenvalue weighted by Crippen LogP contribution is 2.25. The van der Waals surface area contributed by atoms with Crippen molar-refractivity contribution in [1.29, 1.82) is 5.26 Å². The first-order valence-electron chi connectivity index (χ1n) is 5.41. The highest BCUT2D eigenvalue weighted by Gasteiger charge is 2.13. The van der Waals surface area contributed by atoms with E-state index in [0.29, 0.717) is 11.4 Å². The Hall–Kier alpha value is -1.04. The van der Waals surface area contributed by atoms with Gasteiger partial charge in [-0.1, -0.05) is 23.7 Å². The van der Waals surface area contributed by atoms with Gasteiger partial charge in [0.2, 0.25) is 0 Å². The fraction of sp³-hybridized carbons (Fsp3) is 0.462. The molecule has 1 aromatic carbocycles. The van der Waals surface area contributed by atoms with Gasteiger partial charge in [-0.25, -0.2) is 0 Å². The van der Waals surface area contributed by atoms with Gasteiger partial charge in [0.25, 0.3) is 0 Å². The number of nitrogens with zero attached hydrogens (tertiary/aromatic N) is 1. The predicted octanol–water partition coefficient (Wildman–Crippen LogP) is 4.11. The van der Waals surface area contributed by atoms with Crippen molar-refractivity contribution in [2.24, 2.45) is 0 Å². The second kappa shape index (κ2) is 6.52. The summed E-state index contributed by atoms with van der Waals surface area (Å²) in [4.78, 5) is 0. The Morgan fingerprint density at radius 1 is 1.31 bits per heavy atom. The van der Waals surface area contributed by atoms with Gasteiger partial charge in [-0.15, -0.1) is 0 Å². The number of hydrogen-bond acceptors (Lipinski definition) is 2. The Kier molecular flexibility index (Phi) is 5.31. The van der Waals surface area contributed by atoms with Gasteiger partial charge in [-0.2, -0.15) is 5.26 Å². The molecule has 0 amide bonds. The van der Waals surface area contributed by atoms with Crippen LogP contribution in [0, 0.1) is 11.3 Å². The van der Waals surface area contributed by atoms with Gasteiger partial charge < -0.3 is 4.74 Å². The highest BCUT2D eigenvalue weighted by atomic mass is 35.5. The van der Waals surface area contributed by atoms with E-state index in [1.807, 2.05) is 38.1 Å². The van der Waals surface area contributed by atoms with Gasteiger partial charge in [-0.05, 0) is 38.0 Å². The van der Waals surface area contributed by atoms with Crippen LogP contribution in [0.2, 0.25) is 5.02 Å². The van der Waals surface area contributed by atoms with Crippen LogP contribution >= 0.6 is 11.6 Å². The van der Waals surface area contributed by atoms with E-state index in [1.54, 1.807) is 0 Å². The maximum absolute atomic E-state index is 8.61. The molecule has 0 fully saturated rings. The van der Waals surface area contributed by atoms with E-state index < -0.39 is 0 Å². The molecule has 0 saturated carbocycles. The van der Waals surface area contributed by atoms with Gasteiger partial charge in [0.05, 0.1) is 18.3 Å². The molecule has 0 saturated heterocycles. The lowest BCUT2D eigenvalue weighted by Gasteiger charge is -2.20. The molecule has 0 N–H and O–H groups in total. The summed E-state index contributed by atoms with van der Waals surface area (Å²) in [5.41, 5.74) is 1.08. The monoisotopic (exact) mass is 237 g/mol. The fourth-order valence-electron chi connectivity index (χ4n) is 1.51. The molecular formula is C13H16ClNO. The standard InChI is InChI=1S/C13H16ClNO/c1-10(2)16-13(4-3-9-15)11-5-7-12(14)8-6-11/h5-8,10,13H,3-4H2,1-2H3/t13-/m1/s1. The van der Waals surface area contributed by atoms with Crippen molar-refractivity contribution < 1.29 is 4.74 Å². The van der Waals surface area contributed by atoms with Crippen LogP contribution in [0.3, 0.4) is 0 Å². The molecule has 1 atom stereocenters. The predicted molar refractivity (Wildman–Crippen MR) is 65.3 cm³/mol. The number of nitriles is 1. The first-order chi connectivity index (χ1) is 7.63. The van der Waals surface area contributed by atoms with E-state index in [4.69, 9.17) is 21.6 Å². The zero-order chi connectivity index (χ0) is 12.0. The highest BCUT2D eigenvalue weighted by molar-refractivity contribution is 6.30. The van der Waals surface area contributed by atoms with Crippen LogP contribution < -0.4 is 0 Å². The topological polar surface area (TPSA) is 33.0 Å².